The SMILES string of the molecule is CC.CCOC(=O)c1csc(NC2=CC=C(OC(F)(F)F)C=CC2)n1. The van der Waals surface area contributed by atoms with Crippen LogP contribution in [0.3, 0.4) is 0 Å². The maximum absolute atomic E-state index is 12.2. The Morgan fingerprint density at radius 3 is 2.72 bits per heavy atom. The quantitative estimate of drug-likeness (QED) is 0.731. The van der Waals surface area contributed by atoms with E-state index in [0.29, 0.717) is 17.2 Å². The van der Waals surface area contributed by atoms with Crippen molar-refractivity contribution in [2.75, 3.05) is 11.9 Å². The number of thiazole rings is 1. The molecule has 1 heterocycles. The summed E-state index contributed by atoms with van der Waals surface area (Å²) < 4.78 is 45.2. The number of alkyl halides is 3. The molecule has 5 nitrogen and oxygen atoms in total. The molecule has 25 heavy (non-hydrogen) atoms. The number of hydrogen-bond donors (Lipinski definition) is 1. The third-order valence-corrected chi connectivity index (χ3v) is 3.32. The van der Waals surface area contributed by atoms with Crippen molar-refractivity contribution in [2.24, 2.45) is 0 Å². The maximum atomic E-state index is 12.2. The number of esters is 1. The summed E-state index contributed by atoms with van der Waals surface area (Å²) in [7, 11) is 0. The fourth-order valence-electron chi connectivity index (χ4n) is 1.67. The minimum atomic E-state index is -4.73. The van der Waals surface area contributed by atoms with Crippen molar-refractivity contribution in [1.82, 2.24) is 4.98 Å². The van der Waals surface area contributed by atoms with E-state index < -0.39 is 12.3 Å². The van der Waals surface area contributed by atoms with Gasteiger partial charge in [0.05, 0.1) is 6.61 Å². The zero-order valence-electron chi connectivity index (χ0n) is 14.0. The maximum Gasteiger partial charge on any atom is 0.573 e. The van der Waals surface area contributed by atoms with Crippen LogP contribution in [0.15, 0.2) is 41.1 Å². The van der Waals surface area contributed by atoms with Crippen molar-refractivity contribution < 1.29 is 27.4 Å². The van der Waals surface area contributed by atoms with Crippen molar-refractivity contribution >= 4 is 22.4 Å². The Kier molecular flexibility index (Phi) is 8.20. The molecule has 1 aliphatic carbocycles. The average molecular weight is 376 g/mol. The number of aromatic nitrogens is 1. The van der Waals surface area contributed by atoms with E-state index in [1.807, 2.05) is 13.8 Å². The van der Waals surface area contributed by atoms with Gasteiger partial charge in [-0.3, -0.25) is 0 Å². The van der Waals surface area contributed by atoms with E-state index in [0.717, 1.165) is 0 Å². The largest absolute Gasteiger partial charge is 0.573 e. The summed E-state index contributed by atoms with van der Waals surface area (Å²) in [5, 5.41) is 4.94. The summed E-state index contributed by atoms with van der Waals surface area (Å²) in [4.78, 5) is 15.6. The second-order valence-electron chi connectivity index (χ2n) is 4.30. The lowest BCUT2D eigenvalue weighted by atomic mass is 10.3. The van der Waals surface area contributed by atoms with Crippen molar-refractivity contribution in [3.8, 4) is 0 Å². The third-order valence-electron chi connectivity index (χ3n) is 2.56. The molecule has 0 aliphatic heterocycles. The van der Waals surface area contributed by atoms with Crippen LogP contribution in [-0.2, 0) is 9.47 Å². The molecule has 0 bridgehead atoms. The van der Waals surface area contributed by atoms with Crippen molar-refractivity contribution in [3.63, 3.8) is 0 Å². The second kappa shape index (κ2) is 9.87. The van der Waals surface area contributed by atoms with Gasteiger partial charge >= 0.3 is 12.3 Å². The first-order valence-electron chi connectivity index (χ1n) is 7.60. The lowest BCUT2D eigenvalue weighted by molar-refractivity contribution is -0.303. The Labute approximate surface area is 147 Å². The molecule has 0 fully saturated rings. The summed E-state index contributed by atoms with van der Waals surface area (Å²) in [6, 6.07) is 0. The molecule has 9 heteroatoms. The van der Waals surface area contributed by atoms with E-state index in [-0.39, 0.29) is 18.1 Å². The van der Waals surface area contributed by atoms with Crippen LogP contribution in [0.25, 0.3) is 0 Å². The molecule has 138 valence electrons. The van der Waals surface area contributed by atoms with Crippen LogP contribution in [0.1, 0.15) is 37.7 Å². The Morgan fingerprint density at radius 1 is 1.36 bits per heavy atom. The van der Waals surface area contributed by atoms with Crippen LogP contribution in [0.2, 0.25) is 0 Å². The molecule has 2 rings (SSSR count). The standard InChI is InChI=1S/C14H13F3N2O3S.C2H6/c1-2-21-12(20)11-8-23-13(19-11)18-9-4-3-5-10(7-6-9)22-14(15,16)17;1-2/h3,5-8H,2,4H2,1H3,(H,18,19);1-2H3. The van der Waals surface area contributed by atoms with Crippen LogP contribution in [0, 0.1) is 0 Å². The van der Waals surface area contributed by atoms with E-state index in [2.05, 4.69) is 15.0 Å². The summed E-state index contributed by atoms with van der Waals surface area (Å²) in [5.74, 6) is -0.826. The normalized spacial score (nSPS) is 13.7. The zero-order chi connectivity index (χ0) is 18.9. The van der Waals surface area contributed by atoms with Crippen LogP contribution >= 0.6 is 11.3 Å². The topological polar surface area (TPSA) is 60.5 Å². The highest BCUT2D eigenvalue weighted by atomic mass is 32.1. The van der Waals surface area contributed by atoms with Gasteiger partial charge in [0.1, 0.15) is 5.76 Å². The highest BCUT2D eigenvalue weighted by Crippen LogP contribution is 2.24. The van der Waals surface area contributed by atoms with Gasteiger partial charge in [0, 0.05) is 17.5 Å². The fourth-order valence-corrected chi connectivity index (χ4v) is 2.38. The Hall–Kier alpha value is -2.29. The number of rotatable bonds is 5. The first-order valence-corrected chi connectivity index (χ1v) is 8.48. The first kappa shape index (κ1) is 20.8. The molecule has 1 N–H and O–H groups in total. The van der Waals surface area contributed by atoms with Crippen molar-refractivity contribution in [1.29, 1.82) is 0 Å². The summed E-state index contributed by atoms with van der Waals surface area (Å²) in [6.07, 6.45) is 1.08. The molecule has 0 aromatic carbocycles. The third kappa shape index (κ3) is 7.42. The van der Waals surface area contributed by atoms with Gasteiger partial charge < -0.3 is 14.8 Å². The molecular weight excluding hydrogens is 357 g/mol. The second-order valence-corrected chi connectivity index (χ2v) is 5.16. The molecule has 0 radical (unpaired) electrons. The highest BCUT2D eigenvalue weighted by Gasteiger charge is 2.31. The van der Waals surface area contributed by atoms with Crippen LogP contribution in [0.5, 0.6) is 0 Å². The lowest BCUT2D eigenvalue weighted by Crippen LogP contribution is -2.11. The predicted molar refractivity (Wildman–Crippen MR) is 90.1 cm³/mol. The van der Waals surface area contributed by atoms with E-state index in [4.69, 9.17) is 4.74 Å². The lowest BCUT2D eigenvalue weighted by Gasteiger charge is -2.08. The number of nitrogens with zero attached hydrogens (tertiary/aromatic N) is 1. The minimum Gasteiger partial charge on any atom is -0.461 e. The molecule has 0 saturated carbocycles. The molecule has 1 aliphatic rings. The van der Waals surface area contributed by atoms with Gasteiger partial charge in [-0.05, 0) is 25.2 Å². The number of nitrogens with one attached hydrogen (secondary N) is 1. The molecule has 0 amide bonds. The number of allylic oxidation sites excluding steroid dienone is 4. The molecular formula is C16H19F3N2O3S. The molecule has 1 aromatic rings. The monoisotopic (exact) mass is 376 g/mol. The average Bonchev–Trinajstić information content (AvgIpc) is 2.91. The molecule has 0 spiro atoms. The minimum absolute atomic E-state index is 0.181. The summed E-state index contributed by atoms with van der Waals surface area (Å²) in [6.45, 7) is 5.95. The van der Waals surface area contributed by atoms with Gasteiger partial charge in [-0.2, -0.15) is 0 Å². The Morgan fingerprint density at radius 2 is 2.08 bits per heavy atom. The number of carbonyl (C=O) groups is 1. The van der Waals surface area contributed by atoms with Gasteiger partial charge in [-0.25, -0.2) is 9.78 Å². The van der Waals surface area contributed by atoms with Crippen LogP contribution in [0.4, 0.5) is 18.3 Å². The summed E-state index contributed by atoms with van der Waals surface area (Å²) >= 11 is 1.20. The molecule has 0 unspecified atom stereocenters. The molecule has 0 saturated heterocycles. The van der Waals surface area contributed by atoms with Crippen molar-refractivity contribution in [3.05, 3.63) is 46.8 Å². The molecule has 0 atom stereocenters. The fraction of sp³-hybridized carbons (Fsp3) is 0.375. The smallest absolute Gasteiger partial charge is 0.461 e. The zero-order valence-corrected chi connectivity index (χ0v) is 14.8. The Bertz CT molecular complexity index is 664. The number of anilines is 1. The van der Waals surface area contributed by atoms with E-state index in [1.54, 1.807) is 12.3 Å². The number of ether oxygens (including phenoxy) is 2. The van der Waals surface area contributed by atoms with Gasteiger partial charge in [-0.15, -0.1) is 24.5 Å². The van der Waals surface area contributed by atoms with E-state index in [1.165, 1.54) is 35.6 Å². The summed E-state index contributed by atoms with van der Waals surface area (Å²) in [5.41, 5.74) is 0.799. The highest BCUT2D eigenvalue weighted by molar-refractivity contribution is 7.13. The van der Waals surface area contributed by atoms with Gasteiger partial charge in [0.15, 0.2) is 10.8 Å². The van der Waals surface area contributed by atoms with Crippen LogP contribution < -0.4 is 5.32 Å². The van der Waals surface area contributed by atoms with Crippen LogP contribution in [-0.4, -0.2) is 23.9 Å². The number of halogens is 3. The first-order chi connectivity index (χ1) is 11.9. The van der Waals surface area contributed by atoms with Crippen molar-refractivity contribution in [2.45, 2.75) is 33.6 Å². The Balaban J connectivity index is 0.00000151. The number of hydrogen-bond acceptors (Lipinski definition) is 6. The van der Waals surface area contributed by atoms with Gasteiger partial charge in [-0.1, -0.05) is 19.9 Å². The van der Waals surface area contributed by atoms with Gasteiger partial charge in [0.2, 0.25) is 0 Å². The van der Waals surface area contributed by atoms with E-state index >= 15 is 0 Å². The van der Waals surface area contributed by atoms with E-state index in [9.17, 15) is 18.0 Å². The molecule has 1 aromatic heterocycles. The number of carbonyl (C=O) groups excluding carboxylic acids is 1. The van der Waals surface area contributed by atoms with Gasteiger partial charge in [0.25, 0.3) is 0 Å². The predicted octanol–water partition coefficient (Wildman–Crippen LogP) is 5.02.